The van der Waals surface area contributed by atoms with Crippen LogP contribution in [0.1, 0.15) is 11.1 Å². The third-order valence-electron chi connectivity index (χ3n) is 3.66. The number of hydrogen-bond donors (Lipinski definition) is 1. The van der Waals surface area contributed by atoms with Crippen molar-refractivity contribution in [2.45, 2.75) is 6.92 Å². The lowest BCUT2D eigenvalue weighted by Gasteiger charge is -2.16. The van der Waals surface area contributed by atoms with E-state index in [2.05, 4.69) is 5.32 Å². The molecule has 0 spiro atoms. The van der Waals surface area contributed by atoms with Gasteiger partial charge in [-0.05, 0) is 60.6 Å². The number of thiocarbonyl (C=S) groups is 1. The van der Waals surface area contributed by atoms with Gasteiger partial charge in [-0.1, -0.05) is 53.5 Å². The largest absolute Gasteiger partial charge is 0.327 e. The number of aryl methyl sites for hydroxylation is 1. The third kappa shape index (κ3) is 3.93. The molecule has 0 radical (unpaired) electrons. The summed E-state index contributed by atoms with van der Waals surface area (Å²) in [6, 6.07) is 14.9. The van der Waals surface area contributed by atoms with Crippen molar-refractivity contribution in [2.24, 2.45) is 0 Å². The second kappa shape index (κ2) is 7.40. The molecule has 0 bridgehead atoms. The normalized spacial score (nSPS) is 16.5. The molecule has 0 unspecified atom stereocenters. The topological polar surface area (TPSA) is 32.3 Å². The molecule has 2 aromatic carbocycles. The molecule has 1 N–H and O–H groups in total. The summed E-state index contributed by atoms with van der Waals surface area (Å²) in [7, 11) is 0. The van der Waals surface area contributed by atoms with E-state index in [0.717, 1.165) is 11.1 Å². The molecule has 2 aromatic rings. The Bertz CT molecular complexity index is 907. The predicted octanol–water partition coefficient (Wildman–Crippen LogP) is 5.03. The Morgan fingerprint density at radius 2 is 1.92 bits per heavy atom. The van der Waals surface area contributed by atoms with Crippen molar-refractivity contribution in [3.8, 4) is 0 Å². The van der Waals surface area contributed by atoms with Gasteiger partial charge < -0.3 is 5.32 Å². The summed E-state index contributed by atoms with van der Waals surface area (Å²) < 4.78 is 0. The van der Waals surface area contributed by atoms with Crippen LogP contribution in [0.25, 0.3) is 6.08 Å². The second-order valence-electron chi connectivity index (χ2n) is 5.50. The molecule has 0 aliphatic carbocycles. The van der Waals surface area contributed by atoms with Crippen molar-refractivity contribution in [1.29, 1.82) is 0 Å². The molecule has 126 valence electrons. The molecule has 0 atom stereocenters. The Morgan fingerprint density at radius 3 is 2.60 bits per heavy atom. The standard InChI is InChI=1S/C19H14Cl2N2OS/c1-12-9-14(20)7-8-17(12)23-18(24)16(22-19(23)25)11-15(21)10-13-5-3-2-4-6-13/h2-11H,1H3,(H,22,25)/b15-10-,16-11?. The van der Waals surface area contributed by atoms with Gasteiger partial charge in [0.05, 0.1) is 5.69 Å². The fraction of sp³-hybridized carbons (Fsp3) is 0.0526. The summed E-state index contributed by atoms with van der Waals surface area (Å²) in [4.78, 5) is 14.2. The van der Waals surface area contributed by atoms with Crippen molar-refractivity contribution >= 4 is 58.2 Å². The van der Waals surface area contributed by atoms with E-state index in [1.54, 1.807) is 30.4 Å². The summed E-state index contributed by atoms with van der Waals surface area (Å²) in [6.07, 6.45) is 3.36. The summed E-state index contributed by atoms with van der Waals surface area (Å²) >= 11 is 17.6. The first-order chi connectivity index (χ1) is 12.0. The average molecular weight is 389 g/mol. The minimum absolute atomic E-state index is 0.255. The van der Waals surface area contributed by atoms with Gasteiger partial charge in [-0.25, -0.2) is 0 Å². The first-order valence-electron chi connectivity index (χ1n) is 7.51. The second-order valence-corrected chi connectivity index (χ2v) is 6.76. The Morgan fingerprint density at radius 1 is 1.20 bits per heavy atom. The van der Waals surface area contributed by atoms with Crippen LogP contribution in [0.3, 0.4) is 0 Å². The van der Waals surface area contributed by atoms with E-state index >= 15 is 0 Å². The average Bonchev–Trinajstić information content (AvgIpc) is 2.83. The Balaban J connectivity index is 1.89. The Kier molecular flexibility index (Phi) is 5.23. The van der Waals surface area contributed by atoms with Gasteiger partial charge in [-0.15, -0.1) is 0 Å². The molecule has 0 saturated carbocycles. The highest BCUT2D eigenvalue weighted by Gasteiger charge is 2.32. The monoisotopic (exact) mass is 388 g/mol. The van der Waals surface area contributed by atoms with E-state index in [4.69, 9.17) is 35.4 Å². The van der Waals surface area contributed by atoms with E-state index in [9.17, 15) is 4.79 Å². The number of hydrogen-bond acceptors (Lipinski definition) is 2. The Hall–Kier alpha value is -2.14. The van der Waals surface area contributed by atoms with Crippen molar-refractivity contribution in [3.05, 3.63) is 81.5 Å². The van der Waals surface area contributed by atoms with Gasteiger partial charge in [0.1, 0.15) is 5.70 Å². The quantitative estimate of drug-likeness (QED) is 0.590. The molecule has 3 nitrogen and oxygen atoms in total. The van der Waals surface area contributed by atoms with Crippen molar-refractivity contribution in [2.75, 3.05) is 4.90 Å². The number of carbonyl (C=O) groups is 1. The lowest BCUT2D eigenvalue weighted by Crippen LogP contribution is -2.30. The molecule has 0 aromatic heterocycles. The van der Waals surface area contributed by atoms with Crippen LogP contribution in [-0.4, -0.2) is 11.0 Å². The molecule has 6 heteroatoms. The molecule has 1 amide bonds. The van der Waals surface area contributed by atoms with Gasteiger partial charge in [-0.3, -0.25) is 9.69 Å². The van der Waals surface area contributed by atoms with Gasteiger partial charge in [-0.2, -0.15) is 0 Å². The Labute approximate surface area is 161 Å². The number of anilines is 1. The lowest BCUT2D eigenvalue weighted by molar-refractivity contribution is -0.113. The van der Waals surface area contributed by atoms with E-state index in [0.29, 0.717) is 26.6 Å². The molecule has 1 saturated heterocycles. The van der Waals surface area contributed by atoms with Gasteiger partial charge in [0, 0.05) is 10.1 Å². The van der Waals surface area contributed by atoms with Crippen LogP contribution in [0.5, 0.6) is 0 Å². The molecular formula is C19H14Cl2N2OS. The van der Waals surface area contributed by atoms with Gasteiger partial charge in [0.15, 0.2) is 5.11 Å². The van der Waals surface area contributed by atoms with Crippen LogP contribution in [0.4, 0.5) is 5.69 Å². The van der Waals surface area contributed by atoms with Crippen LogP contribution >= 0.6 is 35.4 Å². The van der Waals surface area contributed by atoms with E-state index in [1.807, 2.05) is 37.3 Å². The number of halogens is 2. The minimum Gasteiger partial charge on any atom is -0.327 e. The summed E-state index contributed by atoms with van der Waals surface area (Å²) in [5, 5.41) is 4.27. The molecule has 1 heterocycles. The van der Waals surface area contributed by atoms with Crippen LogP contribution < -0.4 is 10.2 Å². The summed E-state index contributed by atoms with van der Waals surface area (Å²) in [6.45, 7) is 1.88. The maximum Gasteiger partial charge on any atom is 0.281 e. The molecule has 1 aliphatic heterocycles. The number of carbonyl (C=O) groups excluding carboxylic acids is 1. The number of nitrogens with one attached hydrogen (secondary N) is 1. The number of benzene rings is 2. The minimum atomic E-state index is -0.255. The van der Waals surface area contributed by atoms with Gasteiger partial charge >= 0.3 is 0 Å². The maximum atomic E-state index is 12.7. The van der Waals surface area contributed by atoms with Crippen LogP contribution in [-0.2, 0) is 4.79 Å². The van der Waals surface area contributed by atoms with Gasteiger partial charge in [0.2, 0.25) is 0 Å². The zero-order valence-corrected chi connectivity index (χ0v) is 15.6. The first-order valence-corrected chi connectivity index (χ1v) is 8.67. The van der Waals surface area contributed by atoms with E-state index < -0.39 is 0 Å². The van der Waals surface area contributed by atoms with Crippen molar-refractivity contribution in [1.82, 2.24) is 5.32 Å². The zero-order chi connectivity index (χ0) is 18.0. The highest BCUT2D eigenvalue weighted by molar-refractivity contribution is 7.80. The molecule has 1 aliphatic rings. The molecule has 25 heavy (non-hydrogen) atoms. The number of amides is 1. The summed E-state index contributed by atoms with van der Waals surface area (Å²) in [5.41, 5.74) is 2.83. The predicted molar refractivity (Wildman–Crippen MR) is 108 cm³/mol. The maximum absolute atomic E-state index is 12.7. The molecule has 3 rings (SSSR count). The highest BCUT2D eigenvalue weighted by atomic mass is 35.5. The fourth-order valence-corrected chi connectivity index (χ4v) is 3.26. The zero-order valence-electron chi connectivity index (χ0n) is 13.3. The van der Waals surface area contributed by atoms with Crippen LogP contribution in [0.15, 0.2) is 65.3 Å². The first kappa shape index (κ1) is 17.7. The smallest absolute Gasteiger partial charge is 0.281 e. The highest BCUT2D eigenvalue weighted by Crippen LogP contribution is 2.28. The van der Waals surface area contributed by atoms with E-state index in [1.165, 1.54) is 4.90 Å². The summed E-state index contributed by atoms with van der Waals surface area (Å²) in [5.74, 6) is -0.255. The molecule has 1 fully saturated rings. The number of nitrogens with zero attached hydrogens (tertiary/aromatic N) is 1. The lowest BCUT2D eigenvalue weighted by atomic mass is 10.2. The fourth-order valence-electron chi connectivity index (χ4n) is 2.51. The third-order valence-corrected chi connectivity index (χ3v) is 4.40. The van der Waals surface area contributed by atoms with Crippen LogP contribution in [0.2, 0.25) is 5.02 Å². The number of allylic oxidation sites excluding steroid dienone is 2. The van der Waals surface area contributed by atoms with Crippen molar-refractivity contribution < 1.29 is 4.79 Å². The number of rotatable bonds is 3. The SMILES string of the molecule is Cc1cc(Cl)ccc1N1C(=O)C(=C/C(Cl)=C/c2ccccc2)NC1=S. The van der Waals surface area contributed by atoms with Crippen LogP contribution in [0, 0.1) is 6.92 Å². The van der Waals surface area contributed by atoms with Gasteiger partial charge in [0.25, 0.3) is 5.91 Å². The van der Waals surface area contributed by atoms with Crippen molar-refractivity contribution in [3.63, 3.8) is 0 Å². The van der Waals surface area contributed by atoms with E-state index in [-0.39, 0.29) is 5.91 Å². The molecular weight excluding hydrogens is 375 g/mol.